The summed E-state index contributed by atoms with van der Waals surface area (Å²) < 4.78 is 23.9. The van der Waals surface area contributed by atoms with E-state index in [9.17, 15) is 19.6 Å². The molecular formula is C29H32N4O7. The Morgan fingerprint density at radius 3 is 2.15 bits per heavy atom. The fourth-order valence-electron chi connectivity index (χ4n) is 4.54. The number of benzene rings is 1. The van der Waals surface area contributed by atoms with Crippen LogP contribution in [0.1, 0.15) is 58.2 Å². The van der Waals surface area contributed by atoms with Crippen LogP contribution in [0.15, 0.2) is 33.7 Å². The highest BCUT2D eigenvalue weighted by Gasteiger charge is 2.39. The molecule has 0 saturated carbocycles. The minimum Gasteiger partial charge on any atom is -0.496 e. The zero-order chi connectivity index (χ0) is 29.7. The van der Waals surface area contributed by atoms with Crippen molar-refractivity contribution in [2.45, 2.75) is 66.6 Å². The highest BCUT2D eigenvalue weighted by molar-refractivity contribution is 6.16. The van der Waals surface area contributed by atoms with Crippen LogP contribution in [0.4, 0.5) is 15.4 Å². The molecule has 4 rings (SSSR count). The number of carbonyl (C=O) groups excluding carboxylic acids is 2. The monoisotopic (exact) mass is 548 g/mol. The predicted molar refractivity (Wildman–Crippen MR) is 149 cm³/mol. The molecule has 0 fully saturated rings. The summed E-state index contributed by atoms with van der Waals surface area (Å²) in [6.45, 7) is 13.5. The van der Waals surface area contributed by atoms with Gasteiger partial charge in [0, 0.05) is 5.56 Å². The maximum absolute atomic E-state index is 13.7. The second kappa shape index (κ2) is 9.79. The molecule has 2 amide bonds. The Hall–Kier alpha value is -4.72. The SMILES string of the molecule is COc1ccc(C)c(-n2c(N(C(=O)OC(C)(C)C)C(=O)OC(C)(C)C)c(C#N)c3c4occc4c(=O)[nH]c32)c1C. The van der Waals surface area contributed by atoms with Gasteiger partial charge in [0.05, 0.1) is 29.8 Å². The largest absolute Gasteiger partial charge is 0.496 e. The molecule has 0 aliphatic rings. The van der Waals surface area contributed by atoms with Crippen LogP contribution in [0, 0.1) is 25.2 Å². The van der Waals surface area contributed by atoms with Crippen LogP contribution < -0.4 is 15.2 Å². The smallest absolute Gasteiger partial charge is 0.425 e. The van der Waals surface area contributed by atoms with Crippen LogP contribution in [-0.2, 0) is 9.47 Å². The van der Waals surface area contributed by atoms with E-state index in [4.69, 9.17) is 18.6 Å². The Morgan fingerprint density at radius 2 is 1.62 bits per heavy atom. The lowest BCUT2D eigenvalue weighted by atomic mass is 10.1. The van der Waals surface area contributed by atoms with Crippen molar-refractivity contribution in [1.29, 1.82) is 5.26 Å². The first kappa shape index (κ1) is 28.3. The number of H-pyrrole nitrogens is 1. The standard InChI is InChI=1S/C29H32N4O7/c1-15-10-11-19(37-9)16(2)21(15)32-23-20(22-17(12-13-38-22)24(34)31-23)18(14-30)25(32)33(26(35)39-28(3,4)5)27(36)40-29(6,7)8/h10-13H,1-9H3,(H,31,34). The number of pyridine rings is 1. The Kier molecular flexibility index (Phi) is 6.92. The quantitative estimate of drug-likeness (QED) is 0.317. The van der Waals surface area contributed by atoms with Gasteiger partial charge in [0.1, 0.15) is 34.2 Å². The summed E-state index contributed by atoms with van der Waals surface area (Å²) in [5.74, 6) is 0.328. The van der Waals surface area contributed by atoms with Gasteiger partial charge in [-0.05, 0) is 73.1 Å². The maximum atomic E-state index is 13.7. The number of rotatable bonds is 3. The molecule has 1 aromatic carbocycles. The first-order valence-corrected chi connectivity index (χ1v) is 12.6. The fourth-order valence-corrected chi connectivity index (χ4v) is 4.54. The topological polar surface area (TPSA) is 140 Å². The molecule has 1 N–H and O–H groups in total. The van der Waals surface area contributed by atoms with Crippen molar-refractivity contribution >= 4 is 40.0 Å². The number of aromatic nitrogens is 2. The van der Waals surface area contributed by atoms with E-state index in [1.807, 2.05) is 6.92 Å². The fraction of sp³-hybridized carbons (Fsp3) is 0.379. The maximum Gasteiger partial charge on any atom is 0.425 e. The summed E-state index contributed by atoms with van der Waals surface area (Å²) in [5, 5.41) is 10.9. The van der Waals surface area contributed by atoms with Crippen LogP contribution in [0.3, 0.4) is 0 Å². The molecule has 3 aromatic heterocycles. The van der Waals surface area contributed by atoms with Crippen molar-refractivity contribution in [3.8, 4) is 17.5 Å². The van der Waals surface area contributed by atoms with Crippen molar-refractivity contribution in [1.82, 2.24) is 9.55 Å². The van der Waals surface area contributed by atoms with E-state index in [1.54, 1.807) is 60.6 Å². The van der Waals surface area contributed by atoms with E-state index in [1.165, 1.54) is 24.0 Å². The highest BCUT2D eigenvalue weighted by Crippen LogP contribution is 2.41. The zero-order valence-electron chi connectivity index (χ0n) is 24.0. The van der Waals surface area contributed by atoms with Gasteiger partial charge in [-0.3, -0.25) is 9.36 Å². The van der Waals surface area contributed by atoms with Crippen molar-refractivity contribution in [3.05, 3.63) is 51.5 Å². The van der Waals surface area contributed by atoms with Crippen molar-refractivity contribution in [3.63, 3.8) is 0 Å². The number of nitriles is 1. The number of hydrogen-bond acceptors (Lipinski definition) is 8. The number of aryl methyl sites for hydroxylation is 1. The number of nitrogens with zero attached hydrogens (tertiary/aromatic N) is 3. The first-order valence-electron chi connectivity index (χ1n) is 12.6. The Labute approximate surface area is 230 Å². The van der Waals surface area contributed by atoms with Crippen LogP contribution in [0.5, 0.6) is 5.75 Å². The third-order valence-corrected chi connectivity index (χ3v) is 6.02. The number of imide groups is 1. The Morgan fingerprint density at radius 1 is 1.02 bits per heavy atom. The molecule has 3 heterocycles. The second-order valence-electron chi connectivity index (χ2n) is 11.3. The lowest BCUT2D eigenvalue weighted by Gasteiger charge is -2.29. The predicted octanol–water partition coefficient (Wildman–Crippen LogP) is 6.24. The minimum atomic E-state index is -1.07. The molecule has 11 nitrogen and oxygen atoms in total. The number of furan rings is 1. The summed E-state index contributed by atoms with van der Waals surface area (Å²) in [6.07, 6.45) is -0.809. The number of nitrogens with one attached hydrogen (secondary N) is 1. The molecule has 0 radical (unpaired) electrons. The third kappa shape index (κ3) is 4.88. The zero-order valence-corrected chi connectivity index (χ0v) is 24.0. The van der Waals surface area contributed by atoms with Crippen LogP contribution >= 0.6 is 0 Å². The van der Waals surface area contributed by atoms with Gasteiger partial charge in [0.2, 0.25) is 0 Å². The first-order chi connectivity index (χ1) is 18.6. The number of fused-ring (bicyclic) bond motifs is 3. The number of ether oxygens (including phenoxy) is 3. The van der Waals surface area contributed by atoms with E-state index in [0.717, 1.165) is 0 Å². The van der Waals surface area contributed by atoms with Gasteiger partial charge in [-0.15, -0.1) is 0 Å². The minimum absolute atomic E-state index is 0.107. The number of aromatic amines is 1. The summed E-state index contributed by atoms with van der Waals surface area (Å²) in [6, 6.07) is 7.17. The molecule has 4 aromatic rings. The third-order valence-electron chi connectivity index (χ3n) is 6.02. The van der Waals surface area contributed by atoms with E-state index in [-0.39, 0.29) is 33.4 Å². The van der Waals surface area contributed by atoms with Gasteiger partial charge in [-0.2, -0.15) is 10.2 Å². The summed E-state index contributed by atoms with van der Waals surface area (Å²) in [4.78, 5) is 44.1. The highest BCUT2D eigenvalue weighted by atomic mass is 16.6. The normalized spacial score (nSPS) is 11.9. The van der Waals surface area contributed by atoms with Gasteiger partial charge in [0.15, 0.2) is 11.4 Å². The van der Waals surface area contributed by atoms with Crippen LogP contribution in [0.2, 0.25) is 0 Å². The number of anilines is 1. The average molecular weight is 549 g/mol. The second-order valence-corrected chi connectivity index (χ2v) is 11.3. The van der Waals surface area contributed by atoms with Gasteiger partial charge < -0.3 is 23.6 Å². The average Bonchev–Trinajstić information content (AvgIpc) is 3.41. The molecule has 0 atom stereocenters. The van der Waals surface area contributed by atoms with Crippen molar-refractivity contribution < 1.29 is 28.2 Å². The number of carbonyl (C=O) groups is 2. The summed E-state index contributed by atoms with van der Waals surface area (Å²) in [5.41, 5.74) is -0.517. The van der Waals surface area contributed by atoms with Crippen LogP contribution in [-0.4, -0.2) is 40.0 Å². The van der Waals surface area contributed by atoms with E-state index < -0.39 is 28.9 Å². The molecular weight excluding hydrogens is 516 g/mol. The molecule has 0 aliphatic carbocycles. The molecule has 0 unspecified atom stereocenters. The number of methoxy groups -OCH3 is 1. The molecule has 0 bridgehead atoms. The van der Waals surface area contributed by atoms with E-state index in [0.29, 0.717) is 27.5 Å². The van der Waals surface area contributed by atoms with E-state index >= 15 is 0 Å². The summed E-state index contributed by atoms with van der Waals surface area (Å²) in [7, 11) is 1.51. The van der Waals surface area contributed by atoms with Gasteiger partial charge >= 0.3 is 12.2 Å². The number of hydrogen-bond donors (Lipinski definition) is 1. The van der Waals surface area contributed by atoms with Crippen molar-refractivity contribution in [2.24, 2.45) is 0 Å². The van der Waals surface area contributed by atoms with Crippen LogP contribution in [0.25, 0.3) is 27.7 Å². The van der Waals surface area contributed by atoms with E-state index in [2.05, 4.69) is 11.1 Å². The molecule has 11 heteroatoms. The lowest BCUT2D eigenvalue weighted by Crippen LogP contribution is -2.45. The van der Waals surface area contributed by atoms with Gasteiger partial charge in [-0.1, -0.05) is 6.07 Å². The van der Waals surface area contributed by atoms with Gasteiger partial charge in [0.25, 0.3) is 5.56 Å². The molecule has 210 valence electrons. The summed E-state index contributed by atoms with van der Waals surface area (Å²) >= 11 is 0. The molecule has 0 spiro atoms. The Balaban J connectivity index is 2.26. The Bertz CT molecular complexity index is 1730. The van der Waals surface area contributed by atoms with Gasteiger partial charge in [-0.25, -0.2) is 9.59 Å². The molecule has 0 aliphatic heterocycles. The molecule has 0 saturated heterocycles. The number of amides is 2. The van der Waals surface area contributed by atoms with Crippen molar-refractivity contribution in [2.75, 3.05) is 12.0 Å². The molecule has 40 heavy (non-hydrogen) atoms. The lowest BCUT2D eigenvalue weighted by molar-refractivity contribution is 0.0428.